The van der Waals surface area contributed by atoms with Crippen LogP contribution < -0.4 is 0 Å². The molecule has 1 rings (SSSR count). The minimum atomic E-state index is -0.386. The summed E-state index contributed by atoms with van der Waals surface area (Å²) in [5.41, 5.74) is 1.86. The van der Waals surface area contributed by atoms with E-state index in [0.717, 1.165) is 30.5 Å². The van der Waals surface area contributed by atoms with Gasteiger partial charge in [-0.1, -0.05) is 6.08 Å². The smallest absolute Gasteiger partial charge is 0.0823 e. The number of unbranched alkanes of at least 4 members (excludes halogenated alkanes) is 1. The van der Waals surface area contributed by atoms with E-state index in [1.807, 2.05) is 26.2 Å². The van der Waals surface area contributed by atoms with Crippen LogP contribution in [-0.4, -0.2) is 14.9 Å². The molecule has 1 N–H and O–H groups in total. The monoisotopic (exact) mass is 194 g/mol. The number of aromatic nitrogens is 2. The standard InChI is InChI=1S/C11H18N2O/c1-4-5-6-7-11(14)10-8-13(3)12-9(10)2/h4,8,11,14H,1,5-7H2,2-3H3. The normalized spacial score (nSPS) is 12.8. The maximum Gasteiger partial charge on any atom is 0.0823 e. The molecule has 0 radical (unpaired) electrons. The molecule has 0 amide bonds. The highest BCUT2D eigenvalue weighted by Crippen LogP contribution is 2.21. The van der Waals surface area contributed by atoms with E-state index < -0.39 is 0 Å². The molecule has 0 aliphatic rings. The van der Waals surface area contributed by atoms with Crippen LogP contribution in [0.5, 0.6) is 0 Å². The molecular weight excluding hydrogens is 176 g/mol. The molecule has 1 unspecified atom stereocenters. The number of hydrogen-bond donors (Lipinski definition) is 1. The van der Waals surface area contributed by atoms with Crippen molar-refractivity contribution < 1.29 is 5.11 Å². The summed E-state index contributed by atoms with van der Waals surface area (Å²) < 4.78 is 1.74. The van der Waals surface area contributed by atoms with Gasteiger partial charge in [0.1, 0.15) is 0 Å². The summed E-state index contributed by atoms with van der Waals surface area (Å²) in [4.78, 5) is 0. The van der Waals surface area contributed by atoms with Crippen LogP contribution in [0.25, 0.3) is 0 Å². The SMILES string of the molecule is C=CCCCC(O)c1cn(C)nc1C. The van der Waals surface area contributed by atoms with Crippen LogP contribution in [0.3, 0.4) is 0 Å². The van der Waals surface area contributed by atoms with Crippen LogP contribution >= 0.6 is 0 Å². The Morgan fingerprint density at radius 1 is 1.71 bits per heavy atom. The quantitative estimate of drug-likeness (QED) is 0.576. The average molecular weight is 194 g/mol. The highest BCUT2D eigenvalue weighted by atomic mass is 16.3. The fourth-order valence-corrected chi connectivity index (χ4v) is 1.56. The molecule has 1 aromatic heterocycles. The van der Waals surface area contributed by atoms with E-state index in [1.54, 1.807) is 4.68 Å². The molecule has 0 bridgehead atoms. The van der Waals surface area contributed by atoms with Crippen LogP contribution in [0.1, 0.15) is 36.6 Å². The van der Waals surface area contributed by atoms with Gasteiger partial charge in [0.25, 0.3) is 0 Å². The molecule has 1 heterocycles. The van der Waals surface area contributed by atoms with Crippen LogP contribution in [0.4, 0.5) is 0 Å². The third-order valence-corrected chi connectivity index (χ3v) is 2.30. The molecule has 0 aliphatic carbocycles. The van der Waals surface area contributed by atoms with E-state index in [1.165, 1.54) is 0 Å². The minimum absolute atomic E-state index is 0.386. The van der Waals surface area contributed by atoms with Crippen LogP contribution in [0, 0.1) is 6.92 Å². The van der Waals surface area contributed by atoms with Crippen molar-refractivity contribution in [3.63, 3.8) is 0 Å². The molecule has 0 aromatic carbocycles. The molecule has 0 aliphatic heterocycles. The summed E-state index contributed by atoms with van der Waals surface area (Å²) in [5, 5.41) is 14.1. The van der Waals surface area contributed by atoms with Gasteiger partial charge in [0.05, 0.1) is 11.8 Å². The van der Waals surface area contributed by atoms with Gasteiger partial charge < -0.3 is 5.11 Å². The summed E-state index contributed by atoms with van der Waals surface area (Å²) in [7, 11) is 1.87. The fourth-order valence-electron chi connectivity index (χ4n) is 1.56. The van der Waals surface area contributed by atoms with Gasteiger partial charge in [-0.05, 0) is 26.2 Å². The molecular formula is C11H18N2O. The van der Waals surface area contributed by atoms with Crippen molar-refractivity contribution >= 4 is 0 Å². The zero-order valence-electron chi connectivity index (χ0n) is 8.90. The van der Waals surface area contributed by atoms with Crippen molar-refractivity contribution in [1.29, 1.82) is 0 Å². The molecule has 3 heteroatoms. The zero-order valence-corrected chi connectivity index (χ0v) is 8.90. The lowest BCUT2D eigenvalue weighted by atomic mass is 10.1. The van der Waals surface area contributed by atoms with Gasteiger partial charge in [0.15, 0.2) is 0 Å². The predicted octanol–water partition coefficient (Wildman–Crippen LogP) is 2.12. The molecule has 0 spiro atoms. The number of aliphatic hydroxyl groups is 1. The Bertz CT molecular complexity index is 304. The third-order valence-electron chi connectivity index (χ3n) is 2.30. The summed E-state index contributed by atoms with van der Waals surface area (Å²) >= 11 is 0. The van der Waals surface area contributed by atoms with E-state index in [4.69, 9.17) is 0 Å². The molecule has 0 fully saturated rings. The van der Waals surface area contributed by atoms with Gasteiger partial charge >= 0.3 is 0 Å². The van der Waals surface area contributed by atoms with Gasteiger partial charge in [0, 0.05) is 18.8 Å². The van der Waals surface area contributed by atoms with Crippen LogP contribution in [0.2, 0.25) is 0 Å². The van der Waals surface area contributed by atoms with E-state index in [-0.39, 0.29) is 6.10 Å². The Kier molecular flexibility index (Phi) is 3.89. The summed E-state index contributed by atoms with van der Waals surface area (Å²) in [6.07, 6.45) is 6.08. The van der Waals surface area contributed by atoms with Gasteiger partial charge in [0.2, 0.25) is 0 Å². The largest absolute Gasteiger partial charge is 0.388 e. The Morgan fingerprint density at radius 2 is 2.43 bits per heavy atom. The lowest BCUT2D eigenvalue weighted by Crippen LogP contribution is -1.97. The number of allylic oxidation sites excluding steroid dienone is 1. The van der Waals surface area contributed by atoms with Gasteiger partial charge in [-0.25, -0.2) is 0 Å². The second-order valence-electron chi connectivity index (χ2n) is 3.58. The molecule has 3 nitrogen and oxygen atoms in total. The lowest BCUT2D eigenvalue weighted by molar-refractivity contribution is 0.164. The minimum Gasteiger partial charge on any atom is -0.388 e. The molecule has 1 atom stereocenters. The number of rotatable bonds is 5. The zero-order chi connectivity index (χ0) is 10.6. The second-order valence-corrected chi connectivity index (χ2v) is 3.58. The predicted molar refractivity (Wildman–Crippen MR) is 57.0 cm³/mol. The van der Waals surface area contributed by atoms with E-state index >= 15 is 0 Å². The van der Waals surface area contributed by atoms with Crippen molar-refractivity contribution in [2.45, 2.75) is 32.3 Å². The number of nitrogens with zero attached hydrogens (tertiary/aromatic N) is 2. The Labute approximate surface area is 85.1 Å². The summed E-state index contributed by atoms with van der Waals surface area (Å²) in [5.74, 6) is 0. The molecule has 78 valence electrons. The highest BCUT2D eigenvalue weighted by Gasteiger charge is 2.12. The number of aryl methyl sites for hydroxylation is 2. The Morgan fingerprint density at radius 3 is 2.93 bits per heavy atom. The van der Waals surface area contributed by atoms with Crippen LogP contribution in [-0.2, 0) is 7.05 Å². The Hall–Kier alpha value is -1.09. The van der Waals surface area contributed by atoms with E-state index in [0.29, 0.717) is 0 Å². The van der Waals surface area contributed by atoms with Gasteiger partial charge in [-0.3, -0.25) is 4.68 Å². The van der Waals surface area contributed by atoms with Crippen LogP contribution in [0.15, 0.2) is 18.9 Å². The fraction of sp³-hybridized carbons (Fsp3) is 0.545. The summed E-state index contributed by atoms with van der Waals surface area (Å²) in [6.45, 7) is 5.58. The van der Waals surface area contributed by atoms with Crippen molar-refractivity contribution in [2.24, 2.45) is 7.05 Å². The maximum atomic E-state index is 9.85. The molecule has 14 heavy (non-hydrogen) atoms. The van der Waals surface area contributed by atoms with E-state index in [9.17, 15) is 5.11 Å². The second kappa shape index (κ2) is 4.96. The molecule has 0 saturated heterocycles. The van der Waals surface area contributed by atoms with Crippen molar-refractivity contribution in [1.82, 2.24) is 9.78 Å². The maximum absolute atomic E-state index is 9.85. The highest BCUT2D eigenvalue weighted by molar-refractivity contribution is 5.18. The first-order chi connectivity index (χ1) is 6.65. The van der Waals surface area contributed by atoms with Crippen molar-refractivity contribution in [2.75, 3.05) is 0 Å². The van der Waals surface area contributed by atoms with Crippen molar-refractivity contribution in [3.05, 3.63) is 30.1 Å². The van der Waals surface area contributed by atoms with E-state index in [2.05, 4.69) is 11.7 Å². The summed E-state index contributed by atoms with van der Waals surface area (Å²) in [6, 6.07) is 0. The van der Waals surface area contributed by atoms with Gasteiger partial charge in [-0.2, -0.15) is 5.10 Å². The van der Waals surface area contributed by atoms with Crippen molar-refractivity contribution in [3.8, 4) is 0 Å². The lowest BCUT2D eigenvalue weighted by Gasteiger charge is -2.07. The number of hydrogen-bond acceptors (Lipinski definition) is 2. The van der Waals surface area contributed by atoms with Gasteiger partial charge in [-0.15, -0.1) is 6.58 Å². The third kappa shape index (κ3) is 2.70. The topological polar surface area (TPSA) is 38.0 Å². The average Bonchev–Trinajstić information content (AvgIpc) is 2.45. The Balaban J connectivity index is 2.55. The molecule has 1 aromatic rings. The first-order valence-electron chi connectivity index (χ1n) is 4.94. The first-order valence-corrected chi connectivity index (χ1v) is 4.94. The number of aliphatic hydroxyl groups excluding tert-OH is 1. The first kappa shape index (κ1) is 11.0. The molecule has 0 saturated carbocycles.